The summed E-state index contributed by atoms with van der Waals surface area (Å²) in [4.78, 5) is 0. The predicted octanol–water partition coefficient (Wildman–Crippen LogP) is 4.07. The maximum atomic E-state index is 6.02. The standard InChI is InChI=1S/C16H21BO3/c1-15(2)16(3,4)20-17(19-15)10-9-12-11-18-14-8-6-5-7-13(12)14/h5-8,11H,9-10H2,1-4H3. The van der Waals surface area contributed by atoms with E-state index in [1.165, 1.54) is 10.9 Å². The van der Waals surface area contributed by atoms with Crippen LogP contribution in [0.2, 0.25) is 6.32 Å². The molecule has 1 aromatic carbocycles. The minimum atomic E-state index is -0.254. The Morgan fingerprint density at radius 3 is 2.35 bits per heavy atom. The van der Waals surface area contributed by atoms with E-state index in [1.807, 2.05) is 24.5 Å². The Balaban J connectivity index is 1.69. The molecular weight excluding hydrogens is 251 g/mol. The van der Waals surface area contributed by atoms with Gasteiger partial charge in [-0.3, -0.25) is 0 Å². The fourth-order valence-electron chi connectivity index (χ4n) is 2.58. The summed E-state index contributed by atoms with van der Waals surface area (Å²) in [6.07, 6.45) is 3.58. The summed E-state index contributed by atoms with van der Waals surface area (Å²) in [5.41, 5.74) is 1.65. The average Bonchev–Trinajstić information content (AvgIpc) is 2.86. The Morgan fingerprint density at radius 2 is 1.65 bits per heavy atom. The van der Waals surface area contributed by atoms with Gasteiger partial charge in [-0.15, -0.1) is 0 Å². The SMILES string of the molecule is CC1(C)OB(CCc2coc3ccccc23)OC1(C)C. The third kappa shape index (κ3) is 2.27. The van der Waals surface area contributed by atoms with Crippen LogP contribution in [0.1, 0.15) is 33.3 Å². The van der Waals surface area contributed by atoms with Crippen molar-refractivity contribution < 1.29 is 13.7 Å². The van der Waals surface area contributed by atoms with Gasteiger partial charge in [0.05, 0.1) is 17.5 Å². The fraction of sp³-hybridized carbons (Fsp3) is 0.500. The molecule has 2 aromatic rings. The summed E-state index contributed by atoms with van der Waals surface area (Å²) in [5.74, 6) is 0. The lowest BCUT2D eigenvalue weighted by Crippen LogP contribution is -2.41. The maximum absolute atomic E-state index is 6.02. The first-order chi connectivity index (χ1) is 9.39. The molecule has 1 aliphatic rings. The van der Waals surface area contributed by atoms with Crippen molar-refractivity contribution >= 4 is 18.1 Å². The van der Waals surface area contributed by atoms with Crippen LogP contribution in [-0.2, 0) is 15.7 Å². The van der Waals surface area contributed by atoms with Crippen LogP contribution in [0.5, 0.6) is 0 Å². The van der Waals surface area contributed by atoms with Gasteiger partial charge in [-0.2, -0.15) is 0 Å². The van der Waals surface area contributed by atoms with Crippen LogP contribution in [0.25, 0.3) is 11.0 Å². The molecule has 0 amide bonds. The molecule has 0 spiro atoms. The van der Waals surface area contributed by atoms with Crippen molar-refractivity contribution in [3.63, 3.8) is 0 Å². The van der Waals surface area contributed by atoms with E-state index in [9.17, 15) is 0 Å². The number of fused-ring (bicyclic) bond motifs is 1. The van der Waals surface area contributed by atoms with Gasteiger partial charge < -0.3 is 13.7 Å². The smallest absolute Gasteiger partial charge is 0.458 e. The molecule has 0 radical (unpaired) electrons. The van der Waals surface area contributed by atoms with Gasteiger partial charge in [-0.05, 0) is 52.1 Å². The largest absolute Gasteiger partial charge is 0.464 e. The summed E-state index contributed by atoms with van der Waals surface area (Å²) >= 11 is 0. The Morgan fingerprint density at radius 1 is 1.00 bits per heavy atom. The second-order valence-electron chi connectivity index (χ2n) is 6.48. The zero-order chi connectivity index (χ0) is 14.4. The van der Waals surface area contributed by atoms with Crippen LogP contribution in [-0.4, -0.2) is 18.3 Å². The van der Waals surface area contributed by atoms with Gasteiger partial charge in [0.2, 0.25) is 0 Å². The summed E-state index contributed by atoms with van der Waals surface area (Å²) in [7, 11) is -0.145. The molecule has 1 fully saturated rings. The molecular formula is C16H21BO3. The highest BCUT2D eigenvalue weighted by molar-refractivity contribution is 6.45. The van der Waals surface area contributed by atoms with Gasteiger partial charge in [0, 0.05) is 5.39 Å². The van der Waals surface area contributed by atoms with E-state index < -0.39 is 0 Å². The zero-order valence-electron chi connectivity index (χ0n) is 12.6. The van der Waals surface area contributed by atoms with E-state index in [0.29, 0.717) is 0 Å². The third-order valence-electron chi connectivity index (χ3n) is 4.51. The van der Waals surface area contributed by atoms with Gasteiger partial charge in [0.25, 0.3) is 0 Å². The Kier molecular flexibility index (Phi) is 3.18. The van der Waals surface area contributed by atoms with Crippen molar-refractivity contribution in [2.24, 2.45) is 0 Å². The number of aryl methyl sites for hydroxylation is 1. The number of para-hydroxylation sites is 1. The molecule has 20 heavy (non-hydrogen) atoms. The highest BCUT2D eigenvalue weighted by atomic mass is 16.7. The monoisotopic (exact) mass is 272 g/mol. The molecule has 106 valence electrons. The first-order valence-electron chi connectivity index (χ1n) is 7.20. The van der Waals surface area contributed by atoms with E-state index >= 15 is 0 Å². The van der Waals surface area contributed by atoms with Crippen molar-refractivity contribution in [1.82, 2.24) is 0 Å². The normalized spacial score (nSPS) is 20.7. The summed E-state index contributed by atoms with van der Waals surface area (Å²) in [6.45, 7) is 8.33. The van der Waals surface area contributed by atoms with Crippen molar-refractivity contribution in [1.29, 1.82) is 0 Å². The number of hydrogen-bond donors (Lipinski definition) is 0. The summed E-state index contributed by atoms with van der Waals surface area (Å²) in [5, 5.41) is 1.18. The van der Waals surface area contributed by atoms with Gasteiger partial charge in [0.1, 0.15) is 5.58 Å². The van der Waals surface area contributed by atoms with Gasteiger partial charge in [0.15, 0.2) is 0 Å². The van der Waals surface area contributed by atoms with E-state index in [4.69, 9.17) is 13.7 Å². The number of hydrogen-bond acceptors (Lipinski definition) is 3. The van der Waals surface area contributed by atoms with Gasteiger partial charge in [-0.1, -0.05) is 18.2 Å². The van der Waals surface area contributed by atoms with Gasteiger partial charge >= 0.3 is 7.12 Å². The van der Waals surface area contributed by atoms with E-state index in [1.54, 1.807) is 0 Å². The molecule has 0 saturated carbocycles. The summed E-state index contributed by atoms with van der Waals surface area (Å²) in [6, 6.07) is 8.12. The van der Waals surface area contributed by atoms with Gasteiger partial charge in [-0.25, -0.2) is 0 Å². The quantitative estimate of drug-likeness (QED) is 0.789. The van der Waals surface area contributed by atoms with Crippen molar-refractivity contribution in [3.05, 3.63) is 36.1 Å². The van der Waals surface area contributed by atoms with Crippen molar-refractivity contribution in [3.8, 4) is 0 Å². The highest BCUT2D eigenvalue weighted by Crippen LogP contribution is 2.38. The number of rotatable bonds is 3. The van der Waals surface area contributed by atoms with Crippen LogP contribution >= 0.6 is 0 Å². The first-order valence-corrected chi connectivity index (χ1v) is 7.20. The molecule has 0 bridgehead atoms. The molecule has 1 aliphatic heterocycles. The second-order valence-corrected chi connectivity index (χ2v) is 6.48. The molecule has 0 atom stereocenters. The Bertz CT molecular complexity index is 599. The van der Waals surface area contributed by atoms with Crippen LogP contribution in [0.15, 0.2) is 34.9 Å². The van der Waals surface area contributed by atoms with Crippen LogP contribution in [0.4, 0.5) is 0 Å². The molecule has 1 aromatic heterocycles. The molecule has 4 heteroatoms. The molecule has 0 aliphatic carbocycles. The van der Waals surface area contributed by atoms with Crippen LogP contribution in [0.3, 0.4) is 0 Å². The lowest BCUT2D eigenvalue weighted by Gasteiger charge is -2.32. The molecule has 1 saturated heterocycles. The minimum absolute atomic E-state index is 0.145. The topological polar surface area (TPSA) is 31.6 Å². The lowest BCUT2D eigenvalue weighted by molar-refractivity contribution is 0.00578. The van der Waals surface area contributed by atoms with Crippen LogP contribution in [0, 0.1) is 0 Å². The predicted molar refractivity (Wildman–Crippen MR) is 80.8 cm³/mol. The summed E-state index contributed by atoms with van der Waals surface area (Å²) < 4.78 is 17.6. The molecule has 0 N–H and O–H groups in total. The first kappa shape index (κ1) is 13.7. The van der Waals surface area contributed by atoms with E-state index in [0.717, 1.165) is 18.3 Å². The maximum Gasteiger partial charge on any atom is 0.458 e. The Labute approximate surface area is 120 Å². The van der Waals surface area contributed by atoms with Crippen LogP contribution < -0.4 is 0 Å². The van der Waals surface area contributed by atoms with E-state index in [-0.39, 0.29) is 18.3 Å². The number of furan rings is 1. The fourth-order valence-corrected chi connectivity index (χ4v) is 2.58. The Hall–Kier alpha value is -1.26. The van der Waals surface area contributed by atoms with Crippen molar-refractivity contribution in [2.45, 2.75) is 51.6 Å². The molecule has 2 heterocycles. The molecule has 0 unspecified atom stereocenters. The number of benzene rings is 1. The zero-order valence-corrected chi connectivity index (χ0v) is 12.6. The minimum Gasteiger partial charge on any atom is -0.464 e. The third-order valence-corrected chi connectivity index (χ3v) is 4.51. The second kappa shape index (κ2) is 4.64. The lowest BCUT2D eigenvalue weighted by atomic mass is 9.81. The highest BCUT2D eigenvalue weighted by Gasteiger charge is 2.50. The van der Waals surface area contributed by atoms with E-state index in [2.05, 4.69) is 33.8 Å². The molecule has 3 rings (SSSR count). The molecule has 3 nitrogen and oxygen atoms in total. The van der Waals surface area contributed by atoms with Crippen molar-refractivity contribution in [2.75, 3.05) is 0 Å². The average molecular weight is 272 g/mol.